The van der Waals surface area contributed by atoms with E-state index >= 15 is 0 Å². The SMILES string of the molecule is CC1(C)O[C@]2(C)OC(C)(C)[C@@](C)(O)[C@]2(C)C1(C)C. The topological polar surface area (TPSA) is 38.7 Å². The van der Waals surface area contributed by atoms with Crippen LogP contribution in [0.1, 0.15) is 62.3 Å². The highest BCUT2D eigenvalue weighted by Gasteiger charge is 2.82. The van der Waals surface area contributed by atoms with Crippen molar-refractivity contribution in [2.75, 3.05) is 0 Å². The fourth-order valence-corrected chi connectivity index (χ4v) is 4.25. The van der Waals surface area contributed by atoms with Crippen molar-refractivity contribution in [2.45, 2.75) is 84.9 Å². The maximum absolute atomic E-state index is 11.2. The minimum Gasteiger partial charge on any atom is -0.386 e. The second-order valence-electron chi connectivity index (χ2n) is 7.99. The van der Waals surface area contributed by atoms with Crippen molar-refractivity contribution >= 4 is 0 Å². The number of aliphatic hydroxyl groups is 1. The Morgan fingerprint density at radius 2 is 1.06 bits per heavy atom. The molecule has 0 bridgehead atoms. The molecule has 3 heteroatoms. The molecule has 106 valence electrons. The first-order valence-corrected chi connectivity index (χ1v) is 6.79. The molecule has 0 unspecified atom stereocenters. The Morgan fingerprint density at radius 3 is 1.44 bits per heavy atom. The van der Waals surface area contributed by atoms with E-state index in [9.17, 15) is 5.11 Å². The molecule has 2 rings (SSSR count). The summed E-state index contributed by atoms with van der Waals surface area (Å²) in [6, 6.07) is 0. The van der Waals surface area contributed by atoms with Gasteiger partial charge in [0.25, 0.3) is 0 Å². The van der Waals surface area contributed by atoms with Gasteiger partial charge in [-0.05, 0) is 41.5 Å². The minimum absolute atomic E-state index is 0.216. The Bertz CT molecular complexity index is 361. The highest BCUT2D eigenvalue weighted by atomic mass is 16.7. The Morgan fingerprint density at radius 1 is 0.667 bits per heavy atom. The molecule has 2 heterocycles. The molecular weight excluding hydrogens is 228 g/mol. The minimum atomic E-state index is -0.966. The fraction of sp³-hybridized carbons (Fsp3) is 1.00. The van der Waals surface area contributed by atoms with Crippen LogP contribution in [0.3, 0.4) is 0 Å². The summed E-state index contributed by atoms with van der Waals surface area (Å²) in [6.45, 7) is 18.3. The molecule has 0 aromatic rings. The van der Waals surface area contributed by atoms with Gasteiger partial charge in [0.2, 0.25) is 0 Å². The van der Waals surface area contributed by atoms with Crippen LogP contribution in [0.25, 0.3) is 0 Å². The first-order valence-electron chi connectivity index (χ1n) is 6.79. The maximum Gasteiger partial charge on any atom is 0.175 e. The summed E-state index contributed by atoms with van der Waals surface area (Å²) in [7, 11) is 0. The summed E-state index contributed by atoms with van der Waals surface area (Å²) in [5.74, 6) is -0.771. The predicted octanol–water partition coefficient (Wildman–Crippen LogP) is 3.10. The van der Waals surface area contributed by atoms with Gasteiger partial charge in [0.15, 0.2) is 5.79 Å². The van der Waals surface area contributed by atoms with Crippen LogP contribution >= 0.6 is 0 Å². The van der Waals surface area contributed by atoms with Crippen molar-refractivity contribution in [3.8, 4) is 0 Å². The van der Waals surface area contributed by atoms with E-state index in [2.05, 4.69) is 34.6 Å². The molecule has 2 aliphatic heterocycles. The molecule has 0 radical (unpaired) electrons. The van der Waals surface area contributed by atoms with Gasteiger partial charge in [-0.15, -0.1) is 0 Å². The highest BCUT2D eigenvalue weighted by Crippen LogP contribution is 2.73. The molecule has 0 saturated carbocycles. The van der Waals surface area contributed by atoms with Gasteiger partial charge >= 0.3 is 0 Å². The normalized spacial score (nSPS) is 52.3. The molecule has 1 N–H and O–H groups in total. The van der Waals surface area contributed by atoms with Crippen LogP contribution in [-0.2, 0) is 9.47 Å². The van der Waals surface area contributed by atoms with Gasteiger partial charge in [0.05, 0.1) is 16.6 Å². The standard InChI is InChI=1S/C15H28O3/c1-10(2)11(3,4)17-15(9)13(10,7)14(8,16)12(5,6)18-15/h16H,1-9H3/t13-,14+,15+/m0/s1. The number of ether oxygens (including phenoxy) is 2. The van der Waals surface area contributed by atoms with Crippen molar-refractivity contribution in [3.05, 3.63) is 0 Å². The molecule has 2 aliphatic rings. The van der Waals surface area contributed by atoms with Crippen LogP contribution in [0.15, 0.2) is 0 Å². The van der Waals surface area contributed by atoms with Gasteiger partial charge in [-0.2, -0.15) is 0 Å². The number of hydrogen-bond donors (Lipinski definition) is 1. The first-order chi connectivity index (χ1) is 7.66. The zero-order valence-corrected chi connectivity index (χ0v) is 13.3. The lowest BCUT2D eigenvalue weighted by Gasteiger charge is -2.51. The summed E-state index contributed by atoms with van der Waals surface area (Å²) >= 11 is 0. The fourth-order valence-electron chi connectivity index (χ4n) is 4.25. The van der Waals surface area contributed by atoms with Crippen LogP contribution in [-0.4, -0.2) is 27.7 Å². The third-order valence-electron chi connectivity index (χ3n) is 6.71. The summed E-state index contributed by atoms with van der Waals surface area (Å²) in [5.41, 5.74) is -2.65. The van der Waals surface area contributed by atoms with Gasteiger partial charge < -0.3 is 14.6 Å². The van der Waals surface area contributed by atoms with E-state index < -0.39 is 22.4 Å². The predicted molar refractivity (Wildman–Crippen MR) is 71.2 cm³/mol. The van der Waals surface area contributed by atoms with Crippen molar-refractivity contribution in [1.29, 1.82) is 0 Å². The third-order valence-corrected chi connectivity index (χ3v) is 6.71. The Balaban J connectivity index is 2.72. The number of hydrogen-bond acceptors (Lipinski definition) is 3. The molecule has 0 aromatic heterocycles. The van der Waals surface area contributed by atoms with E-state index in [0.29, 0.717) is 0 Å². The van der Waals surface area contributed by atoms with Gasteiger partial charge in [-0.3, -0.25) is 0 Å². The lowest BCUT2D eigenvalue weighted by Crippen LogP contribution is -2.61. The van der Waals surface area contributed by atoms with Gasteiger partial charge in [-0.1, -0.05) is 20.8 Å². The summed E-state index contributed by atoms with van der Waals surface area (Å²) < 4.78 is 12.4. The smallest absolute Gasteiger partial charge is 0.175 e. The molecule has 3 nitrogen and oxygen atoms in total. The number of fused-ring (bicyclic) bond motifs is 1. The van der Waals surface area contributed by atoms with Crippen molar-refractivity contribution in [1.82, 2.24) is 0 Å². The van der Waals surface area contributed by atoms with Gasteiger partial charge in [-0.25, -0.2) is 0 Å². The van der Waals surface area contributed by atoms with Crippen molar-refractivity contribution in [3.63, 3.8) is 0 Å². The molecule has 0 aromatic carbocycles. The van der Waals surface area contributed by atoms with Gasteiger partial charge in [0.1, 0.15) is 5.60 Å². The van der Waals surface area contributed by atoms with E-state index in [1.54, 1.807) is 0 Å². The maximum atomic E-state index is 11.2. The Labute approximate surface area is 111 Å². The van der Waals surface area contributed by atoms with E-state index in [1.165, 1.54) is 0 Å². The van der Waals surface area contributed by atoms with Gasteiger partial charge in [0, 0.05) is 5.41 Å². The zero-order valence-electron chi connectivity index (χ0n) is 13.3. The van der Waals surface area contributed by atoms with Crippen LogP contribution in [0, 0.1) is 10.8 Å². The average Bonchev–Trinajstić information content (AvgIpc) is 2.27. The summed E-state index contributed by atoms with van der Waals surface area (Å²) in [4.78, 5) is 0. The van der Waals surface area contributed by atoms with E-state index in [-0.39, 0.29) is 11.0 Å². The molecule has 18 heavy (non-hydrogen) atoms. The van der Waals surface area contributed by atoms with Crippen molar-refractivity contribution < 1.29 is 14.6 Å². The van der Waals surface area contributed by atoms with E-state index in [4.69, 9.17) is 9.47 Å². The lowest BCUT2D eigenvalue weighted by molar-refractivity contribution is -0.265. The highest BCUT2D eigenvalue weighted by molar-refractivity contribution is 5.26. The average molecular weight is 256 g/mol. The van der Waals surface area contributed by atoms with Crippen LogP contribution < -0.4 is 0 Å². The second kappa shape index (κ2) is 2.97. The second-order valence-corrected chi connectivity index (χ2v) is 7.99. The van der Waals surface area contributed by atoms with Crippen LogP contribution in [0.4, 0.5) is 0 Å². The monoisotopic (exact) mass is 256 g/mol. The van der Waals surface area contributed by atoms with Crippen LogP contribution in [0.2, 0.25) is 0 Å². The largest absolute Gasteiger partial charge is 0.386 e. The molecular formula is C15H28O3. The van der Waals surface area contributed by atoms with Crippen LogP contribution in [0.5, 0.6) is 0 Å². The molecule has 3 atom stereocenters. The quantitative estimate of drug-likeness (QED) is 0.724. The third kappa shape index (κ3) is 1.09. The Hall–Kier alpha value is -0.120. The number of rotatable bonds is 0. The Kier molecular flexibility index (Phi) is 2.36. The van der Waals surface area contributed by atoms with E-state index in [1.807, 2.05) is 27.7 Å². The molecule has 0 aliphatic carbocycles. The molecule has 2 saturated heterocycles. The summed E-state index contributed by atoms with van der Waals surface area (Å²) in [5, 5.41) is 11.2. The molecule has 0 spiro atoms. The van der Waals surface area contributed by atoms with Crippen molar-refractivity contribution in [2.24, 2.45) is 10.8 Å². The first kappa shape index (κ1) is 14.3. The molecule has 2 fully saturated rings. The molecule has 0 amide bonds. The lowest BCUT2D eigenvalue weighted by atomic mass is 9.51. The summed E-state index contributed by atoms with van der Waals surface area (Å²) in [6.07, 6.45) is 0. The zero-order chi connectivity index (χ0) is 14.4. The van der Waals surface area contributed by atoms with E-state index in [0.717, 1.165) is 0 Å².